The Bertz CT molecular complexity index is 683. The number of nitrogens with zero attached hydrogens (tertiary/aromatic N) is 1. The second kappa shape index (κ2) is 10.2. The Morgan fingerprint density at radius 2 is 1.75 bits per heavy atom. The smallest absolute Gasteiger partial charge is 0.254 e. The first-order valence-electron chi connectivity index (χ1n) is 10.3. The Hall–Kier alpha value is -2.37. The maximum atomic E-state index is 12.9. The highest BCUT2D eigenvalue weighted by Gasteiger charge is 2.34. The number of anilines is 1. The fourth-order valence-corrected chi connectivity index (χ4v) is 3.33. The zero-order valence-electron chi connectivity index (χ0n) is 17.5. The molecule has 2 rings (SSSR count). The zero-order valence-corrected chi connectivity index (χ0v) is 17.5. The average molecular weight is 388 g/mol. The summed E-state index contributed by atoms with van der Waals surface area (Å²) < 4.78 is 0. The van der Waals surface area contributed by atoms with E-state index in [4.69, 9.17) is 0 Å². The lowest BCUT2D eigenvalue weighted by molar-refractivity contribution is -0.124. The van der Waals surface area contributed by atoms with Crippen molar-refractivity contribution in [2.75, 3.05) is 18.4 Å². The van der Waals surface area contributed by atoms with E-state index in [-0.39, 0.29) is 17.7 Å². The number of nitrogens with one attached hydrogen (secondary N) is 2. The maximum Gasteiger partial charge on any atom is 0.254 e. The largest absolute Gasteiger partial charge is 0.354 e. The summed E-state index contributed by atoms with van der Waals surface area (Å²) in [5.74, 6) is 0.582. The molecule has 1 aliphatic heterocycles. The van der Waals surface area contributed by atoms with Gasteiger partial charge in [-0.15, -0.1) is 0 Å². The van der Waals surface area contributed by atoms with Gasteiger partial charge in [0.05, 0.1) is 0 Å². The number of likely N-dealkylation sites (tertiary alicyclic amines) is 1. The van der Waals surface area contributed by atoms with Gasteiger partial charge in [-0.3, -0.25) is 14.4 Å². The standard InChI is InChI=1S/C22H33N3O3/c1-15(2)11-12-23-21(27)19-6-5-13-25(19)22(28)17-7-9-18(10-8-17)24-20(26)14-16(3)4/h7-10,15-16,19H,5-6,11-14H2,1-4H3,(H,23,27)(H,24,26). The van der Waals surface area contributed by atoms with Crippen LogP contribution in [0.5, 0.6) is 0 Å². The predicted molar refractivity (Wildman–Crippen MR) is 111 cm³/mol. The predicted octanol–water partition coefficient (Wildman–Crippen LogP) is 3.44. The summed E-state index contributed by atoms with van der Waals surface area (Å²) in [6.45, 7) is 9.45. The topological polar surface area (TPSA) is 78.5 Å². The van der Waals surface area contributed by atoms with Crippen LogP contribution in [0.3, 0.4) is 0 Å². The van der Waals surface area contributed by atoms with E-state index in [1.807, 2.05) is 13.8 Å². The second-order valence-corrected chi connectivity index (χ2v) is 8.35. The number of benzene rings is 1. The van der Waals surface area contributed by atoms with Crippen LogP contribution >= 0.6 is 0 Å². The third-order valence-electron chi connectivity index (χ3n) is 4.85. The van der Waals surface area contributed by atoms with E-state index in [1.165, 1.54) is 0 Å². The zero-order chi connectivity index (χ0) is 20.7. The van der Waals surface area contributed by atoms with Crippen molar-refractivity contribution >= 4 is 23.4 Å². The van der Waals surface area contributed by atoms with Crippen molar-refractivity contribution in [3.05, 3.63) is 29.8 Å². The molecule has 1 unspecified atom stereocenters. The van der Waals surface area contributed by atoms with Crippen LogP contribution in [0, 0.1) is 11.8 Å². The first kappa shape index (κ1) is 21.9. The molecule has 0 aromatic heterocycles. The number of amides is 3. The Morgan fingerprint density at radius 3 is 2.36 bits per heavy atom. The highest BCUT2D eigenvalue weighted by atomic mass is 16.2. The van der Waals surface area contributed by atoms with Crippen molar-refractivity contribution in [3.63, 3.8) is 0 Å². The average Bonchev–Trinajstić information content (AvgIpc) is 3.10. The van der Waals surface area contributed by atoms with Gasteiger partial charge in [0.2, 0.25) is 11.8 Å². The van der Waals surface area contributed by atoms with E-state index in [0.717, 1.165) is 12.8 Å². The molecule has 0 bridgehead atoms. The summed E-state index contributed by atoms with van der Waals surface area (Å²) in [6.07, 6.45) is 2.92. The third-order valence-corrected chi connectivity index (χ3v) is 4.85. The van der Waals surface area contributed by atoms with Crippen molar-refractivity contribution in [1.29, 1.82) is 0 Å². The van der Waals surface area contributed by atoms with E-state index in [9.17, 15) is 14.4 Å². The molecule has 28 heavy (non-hydrogen) atoms. The minimum atomic E-state index is -0.398. The summed E-state index contributed by atoms with van der Waals surface area (Å²) >= 11 is 0. The minimum Gasteiger partial charge on any atom is -0.354 e. The fraction of sp³-hybridized carbons (Fsp3) is 0.591. The van der Waals surface area contributed by atoms with Gasteiger partial charge < -0.3 is 15.5 Å². The summed E-state index contributed by atoms with van der Waals surface area (Å²) in [7, 11) is 0. The first-order valence-corrected chi connectivity index (χ1v) is 10.3. The molecule has 0 aliphatic carbocycles. The van der Waals surface area contributed by atoms with Crippen LogP contribution in [0.25, 0.3) is 0 Å². The molecule has 6 heteroatoms. The summed E-state index contributed by atoms with van der Waals surface area (Å²) in [6, 6.07) is 6.49. The maximum absolute atomic E-state index is 12.9. The van der Waals surface area contributed by atoms with Gasteiger partial charge in [-0.1, -0.05) is 27.7 Å². The van der Waals surface area contributed by atoms with Crippen LogP contribution in [0.15, 0.2) is 24.3 Å². The number of carbonyl (C=O) groups excluding carboxylic acids is 3. The highest BCUT2D eigenvalue weighted by Crippen LogP contribution is 2.21. The third kappa shape index (κ3) is 6.36. The minimum absolute atomic E-state index is 0.0354. The monoisotopic (exact) mass is 387 g/mol. The van der Waals surface area contributed by atoms with Crippen LogP contribution in [-0.4, -0.2) is 41.8 Å². The molecule has 0 spiro atoms. The molecule has 0 saturated carbocycles. The van der Waals surface area contributed by atoms with Crippen molar-refractivity contribution in [3.8, 4) is 0 Å². The molecule has 3 amide bonds. The van der Waals surface area contributed by atoms with Gasteiger partial charge in [-0.25, -0.2) is 0 Å². The molecule has 0 radical (unpaired) electrons. The molecule has 1 aromatic rings. The molecule has 1 atom stereocenters. The molecule has 1 heterocycles. The van der Waals surface area contributed by atoms with Gasteiger partial charge in [0.25, 0.3) is 5.91 Å². The normalized spacial score (nSPS) is 16.5. The van der Waals surface area contributed by atoms with Crippen LogP contribution in [0.4, 0.5) is 5.69 Å². The molecule has 6 nitrogen and oxygen atoms in total. The van der Waals surface area contributed by atoms with Crippen LogP contribution in [0.2, 0.25) is 0 Å². The Labute approximate surface area is 168 Å². The molecule has 1 fully saturated rings. The Morgan fingerprint density at radius 1 is 1.07 bits per heavy atom. The van der Waals surface area contributed by atoms with Gasteiger partial charge in [-0.05, 0) is 55.4 Å². The van der Waals surface area contributed by atoms with E-state index in [2.05, 4.69) is 24.5 Å². The quantitative estimate of drug-likeness (QED) is 0.717. The molecular weight excluding hydrogens is 354 g/mol. The van der Waals surface area contributed by atoms with E-state index < -0.39 is 6.04 Å². The highest BCUT2D eigenvalue weighted by molar-refractivity contribution is 5.98. The van der Waals surface area contributed by atoms with E-state index in [1.54, 1.807) is 29.2 Å². The molecule has 2 N–H and O–H groups in total. The van der Waals surface area contributed by atoms with Crippen LogP contribution in [-0.2, 0) is 9.59 Å². The Kier molecular flexibility index (Phi) is 8.03. The number of hydrogen-bond donors (Lipinski definition) is 2. The van der Waals surface area contributed by atoms with Crippen molar-refractivity contribution in [1.82, 2.24) is 10.2 Å². The lowest BCUT2D eigenvalue weighted by atomic mass is 10.1. The second-order valence-electron chi connectivity index (χ2n) is 8.35. The summed E-state index contributed by atoms with van der Waals surface area (Å²) in [4.78, 5) is 38.9. The lowest BCUT2D eigenvalue weighted by Crippen LogP contribution is -2.46. The number of hydrogen-bond acceptors (Lipinski definition) is 3. The lowest BCUT2D eigenvalue weighted by Gasteiger charge is -2.24. The number of rotatable bonds is 8. The summed E-state index contributed by atoms with van der Waals surface area (Å²) in [5.41, 5.74) is 1.20. The Balaban J connectivity index is 1.96. The number of carbonyl (C=O) groups is 3. The first-order chi connectivity index (χ1) is 13.3. The molecular formula is C22H33N3O3. The van der Waals surface area contributed by atoms with Crippen LogP contribution in [0.1, 0.15) is 63.7 Å². The van der Waals surface area contributed by atoms with E-state index in [0.29, 0.717) is 49.0 Å². The van der Waals surface area contributed by atoms with Crippen molar-refractivity contribution in [2.45, 2.75) is 59.4 Å². The SMILES string of the molecule is CC(C)CCNC(=O)C1CCCN1C(=O)c1ccc(NC(=O)CC(C)C)cc1. The van der Waals surface area contributed by atoms with Gasteiger partial charge in [0.15, 0.2) is 0 Å². The molecule has 1 saturated heterocycles. The fourth-order valence-electron chi connectivity index (χ4n) is 3.33. The van der Waals surface area contributed by atoms with Crippen LogP contribution < -0.4 is 10.6 Å². The van der Waals surface area contributed by atoms with Crippen molar-refractivity contribution < 1.29 is 14.4 Å². The molecule has 1 aliphatic rings. The summed E-state index contributed by atoms with van der Waals surface area (Å²) in [5, 5.41) is 5.80. The van der Waals surface area contributed by atoms with Crippen molar-refractivity contribution in [2.24, 2.45) is 11.8 Å². The van der Waals surface area contributed by atoms with E-state index >= 15 is 0 Å². The molecule has 154 valence electrons. The van der Waals surface area contributed by atoms with Gasteiger partial charge in [0.1, 0.15) is 6.04 Å². The van der Waals surface area contributed by atoms with Gasteiger partial charge in [-0.2, -0.15) is 0 Å². The van der Waals surface area contributed by atoms with Gasteiger partial charge >= 0.3 is 0 Å². The molecule has 1 aromatic carbocycles. The van der Waals surface area contributed by atoms with Gasteiger partial charge in [0, 0.05) is 30.8 Å².